The van der Waals surface area contributed by atoms with E-state index in [4.69, 9.17) is 20.8 Å². The van der Waals surface area contributed by atoms with E-state index in [-0.39, 0.29) is 35.3 Å². The van der Waals surface area contributed by atoms with Crippen molar-refractivity contribution in [3.63, 3.8) is 0 Å². The molecule has 7 nitrogen and oxygen atoms in total. The lowest BCUT2D eigenvalue weighted by molar-refractivity contribution is -0.140. The highest BCUT2D eigenvalue weighted by atomic mass is 35.5. The number of rotatable bonds is 6. The van der Waals surface area contributed by atoms with Crippen LogP contribution >= 0.6 is 11.6 Å². The van der Waals surface area contributed by atoms with Crippen LogP contribution in [0.4, 0.5) is 0 Å². The average molecular weight is 480 g/mol. The molecule has 1 aliphatic carbocycles. The molecule has 32 heavy (non-hydrogen) atoms. The van der Waals surface area contributed by atoms with Gasteiger partial charge in [-0.25, -0.2) is 13.2 Å². The van der Waals surface area contributed by atoms with Gasteiger partial charge in [-0.05, 0) is 43.5 Å². The van der Waals surface area contributed by atoms with Gasteiger partial charge in [0.15, 0.2) is 16.4 Å². The van der Waals surface area contributed by atoms with Gasteiger partial charge in [-0.2, -0.15) is 0 Å². The van der Waals surface area contributed by atoms with Crippen molar-refractivity contribution >= 4 is 33.3 Å². The summed E-state index contributed by atoms with van der Waals surface area (Å²) < 4.78 is 34.8. The molecule has 1 aromatic carbocycles. The molecule has 2 heterocycles. The van der Waals surface area contributed by atoms with Gasteiger partial charge in [0.25, 0.3) is 5.91 Å². The van der Waals surface area contributed by atoms with Crippen molar-refractivity contribution in [1.82, 2.24) is 4.90 Å². The molecular weight excluding hydrogens is 454 g/mol. The first-order valence-corrected chi connectivity index (χ1v) is 13.1. The van der Waals surface area contributed by atoms with Crippen molar-refractivity contribution in [2.75, 3.05) is 18.1 Å². The zero-order valence-electron chi connectivity index (χ0n) is 17.7. The Bertz CT molecular complexity index is 1090. The van der Waals surface area contributed by atoms with E-state index in [1.165, 1.54) is 6.07 Å². The van der Waals surface area contributed by atoms with E-state index in [1.807, 2.05) is 6.07 Å². The van der Waals surface area contributed by atoms with Gasteiger partial charge in [0, 0.05) is 17.6 Å². The van der Waals surface area contributed by atoms with Crippen molar-refractivity contribution in [3.8, 4) is 11.3 Å². The number of carbonyl (C=O) groups is 2. The van der Waals surface area contributed by atoms with Gasteiger partial charge in [0.1, 0.15) is 5.76 Å². The van der Waals surface area contributed by atoms with Gasteiger partial charge in [0.2, 0.25) is 5.76 Å². The molecule has 0 radical (unpaired) electrons. The van der Waals surface area contributed by atoms with E-state index < -0.39 is 22.4 Å². The van der Waals surface area contributed by atoms with E-state index >= 15 is 0 Å². The molecule has 1 aliphatic heterocycles. The van der Waals surface area contributed by atoms with Crippen LogP contribution in [-0.2, 0) is 19.4 Å². The van der Waals surface area contributed by atoms with Crippen LogP contribution in [0.15, 0.2) is 40.8 Å². The van der Waals surface area contributed by atoms with Crippen LogP contribution in [0.2, 0.25) is 5.02 Å². The number of nitrogens with zero attached hydrogens (tertiary/aromatic N) is 1. The summed E-state index contributed by atoms with van der Waals surface area (Å²) in [6, 6.07) is 9.84. The Hall–Kier alpha value is -2.32. The number of halogens is 1. The summed E-state index contributed by atoms with van der Waals surface area (Å²) in [6.45, 7) is -0.450. The van der Waals surface area contributed by atoms with Gasteiger partial charge in [0.05, 0.1) is 16.5 Å². The number of amides is 1. The van der Waals surface area contributed by atoms with Gasteiger partial charge in [-0.3, -0.25) is 4.79 Å². The molecule has 0 bridgehead atoms. The first-order chi connectivity index (χ1) is 15.3. The van der Waals surface area contributed by atoms with E-state index in [0.717, 1.165) is 32.1 Å². The van der Waals surface area contributed by atoms with Crippen LogP contribution in [0.5, 0.6) is 0 Å². The van der Waals surface area contributed by atoms with Gasteiger partial charge in [-0.15, -0.1) is 0 Å². The lowest BCUT2D eigenvalue weighted by Gasteiger charge is -2.38. The number of hydrogen-bond acceptors (Lipinski definition) is 6. The summed E-state index contributed by atoms with van der Waals surface area (Å²) in [7, 11) is -3.14. The molecule has 1 unspecified atom stereocenters. The molecule has 1 saturated heterocycles. The molecule has 4 rings (SSSR count). The first-order valence-electron chi connectivity index (χ1n) is 10.9. The Morgan fingerprint density at radius 3 is 2.47 bits per heavy atom. The lowest BCUT2D eigenvalue weighted by Crippen LogP contribution is -2.50. The quantitative estimate of drug-likeness (QED) is 0.579. The maximum absolute atomic E-state index is 13.1. The Balaban J connectivity index is 1.42. The highest BCUT2D eigenvalue weighted by molar-refractivity contribution is 7.91. The van der Waals surface area contributed by atoms with Crippen molar-refractivity contribution in [2.45, 2.75) is 50.6 Å². The number of carbonyl (C=O) groups excluding carboxylic acids is 2. The van der Waals surface area contributed by atoms with E-state index in [9.17, 15) is 18.0 Å². The molecule has 2 aromatic rings. The number of esters is 1. The maximum Gasteiger partial charge on any atom is 0.374 e. The fourth-order valence-corrected chi connectivity index (χ4v) is 6.53. The minimum absolute atomic E-state index is 0.0105. The third-order valence-electron chi connectivity index (χ3n) is 6.13. The molecular formula is C23H26ClNO6S. The summed E-state index contributed by atoms with van der Waals surface area (Å²) in [4.78, 5) is 27.2. The Labute approximate surface area is 192 Å². The van der Waals surface area contributed by atoms with Crippen molar-refractivity contribution in [2.24, 2.45) is 0 Å². The Morgan fingerprint density at radius 1 is 1.03 bits per heavy atom. The van der Waals surface area contributed by atoms with E-state index in [1.54, 1.807) is 29.2 Å². The largest absolute Gasteiger partial charge is 0.450 e. The molecule has 0 spiro atoms. The zero-order chi connectivity index (χ0) is 22.7. The van der Waals surface area contributed by atoms with Crippen LogP contribution in [0, 0.1) is 0 Å². The smallest absolute Gasteiger partial charge is 0.374 e. The lowest BCUT2D eigenvalue weighted by atomic mass is 9.93. The SMILES string of the molecule is O=C(OCC(=O)N(C1CCCCC1)C1CCS(=O)(=O)C1)c1ccc(-c2ccccc2Cl)o1. The summed E-state index contributed by atoms with van der Waals surface area (Å²) >= 11 is 6.17. The third-order valence-corrected chi connectivity index (χ3v) is 8.21. The minimum atomic E-state index is -3.14. The summed E-state index contributed by atoms with van der Waals surface area (Å²) in [6.07, 6.45) is 5.24. The topological polar surface area (TPSA) is 93.9 Å². The molecule has 1 amide bonds. The predicted molar refractivity (Wildman–Crippen MR) is 120 cm³/mol. The number of benzene rings is 1. The number of sulfone groups is 1. The summed E-state index contributed by atoms with van der Waals surface area (Å²) in [5.74, 6) is -0.646. The normalized spacial score (nSPS) is 20.7. The summed E-state index contributed by atoms with van der Waals surface area (Å²) in [5, 5.41) is 0.492. The van der Waals surface area contributed by atoms with Crippen molar-refractivity contribution < 1.29 is 27.2 Å². The van der Waals surface area contributed by atoms with E-state index in [0.29, 0.717) is 22.8 Å². The third kappa shape index (κ3) is 5.18. The highest BCUT2D eigenvalue weighted by Gasteiger charge is 2.38. The molecule has 1 atom stereocenters. The monoisotopic (exact) mass is 479 g/mol. The fourth-order valence-electron chi connectivity index (χ4n) is 4.59. The van der Waals surface area contributed by atoms with Gasteiger partial charge >= 0.3 is 5.97 Å². The molecule has 2 fully saturated rings. The molecule has 172 valence electrons. The average Bonchev–Trinajstić information content (AvgIpc) is 3.40. The zero-order valence-corrected chi connectivity index (χ0v) is 19.2. The van der Waals surface area contributed by atoms with Crippen LogP contribution in [0.1, 0.15) is 49.1 Å². The second-order valence-corrected chi connectivity index (χ2v) is 11.0. The van der Waals surface area contributed by atoms with Gasteiger partial charge in [-0.1, -0.05) is 43.0 Å². The number of furan rings is 1. The van der Waals surface area contributed by atoms with Crippen LogP contribution < -0.4 is 0 Å². The van der Waals surface area contributed by atoms with E-state index in [2.05, 4.69) is 0 Å². The van der Waals surface area contributed by atoms with Crippen LogP contribution in [0.3, 0.4) is 0 Å². The molecule has 9 heteroatoms. The predicted octanol–water partition coefficient (Wildman–Crippen LogP) is 4.11. The maximum atomic E-state index is 13.1. The summed E-state index contributed by atoms with van der Waals surface area (Å²) in [5.41, 5.74) is 0.648. The minimum Gasteiger partial charge on any atom is -0.450 e. The first kappa shape index (κ1) is 22.9. The molecule has 1 aromatic heterocycles. The fraction of sp³-hybridized carbons (Fsp3) is 0.478. The second-order valence-electron chi connectivity index (χ2n) is 8.37. The van der Waals surface area contributed by atoms with Crippen molar-refractivity contribution in [1.29, 1.82) is 0 Å². The number of ether oxygens (including phenoxy) is 1. The Morgan fingerprint density at radius 2 is 1.78 bits per heavy atom. The van der Waals surface area contributed by atoms with Gasteiger partial charge < -0.3 is 14.1 Å². The van der Waals surface area contributed by atoms with Crippen LogP contribution in [-0.4, -0.2) is 55.4 Å². The number of hydrogen-bond donors (Lipinski definition) is 0. The second kappa shape index (κ2) is 9.67. The highest BCUT2D eigenvalue weighted by Crippen LogP contribution is 2.30. The van der Waals surface area contributed by atoms with Crippen molar-refractivity contribution in [3.05, 3.63) is 47.2 Å². The Kier molecular flexibility index (Phi) is 6.90. The molecule has 1 saturated carbocycles. The molecule has 2 aliphatic rings. The molecule has 0 N–H and O–H groups in total. The van der Waals surface area contributed by atoms with Crippen LogP contribution in [0.25, 0.3) is 11.3 Å². The standard InChI is InChI=1S/C23H26ClNO6S/c24-19-9-5-4-8-18(19)20-10-11-21(31-20)23(27)30-14-22(26)25(16-6-2-1-3-7-16)17-12-13-32(28,29)15-17/h4-5,8-11,16-17H,1-3,6-7,12-15H2.